The van der Waals surface area contributed by atoms with Gasteiger partial charge in [0.15, 0.2) is 8.32 Å². The molecule has 0 fully saturated rings. The molecule has 0 amide bonds. The molecular weight excluding hydrogens is 208 g/mol. The monoisotopic (exact) mass is 234 g/mol. The summed E-state index contributed by atoms with van der Waals surface area (Å²) in [5.74, 6) is 0. The van der Waals surface area contributed by atoms with Crippen LogP contribution in [0.15, 0.2) is 0 Å². The maximum Gasteiger partial charge on any atom is 0.332 e. The van der Waals surface area contributed by atoms with Crippen molar-refractivity contribution < 1.29 is 8.54 Å². The second kappa shape index (κ2) is 4.92. The van der Waals surface area contributed by atoms with Crippen molar-refractivity contribution in [3.05, 3.63) is 0 Å². The summed E-state index contributed by atoms with van der Waals surface area (Å²) in [5, 5.41) is 0. The Morgan fingerprint density at radius 3 is 1.29 bits per heavy atom. The lowest BCUT2D eigenvalue weighted by atomic mass is 10.5. The summed E-state index contributed by atoms with van der Waals surface area (Å²) >= 11 is 0. The van der Waals surface area contributed by atoms with Crippen molar-refractivity contribution in [2.45, 2.75) is 58.4 Å². The van der Waals surface area contributed by atoms with Gasteiger partial charge in [-0.05, 0) is 30.7 Å². The fraction of sp³-hybridized carbons (Fsp3) is 1.00. The van der Waals surface area contributed by atoms with Gasteiger partial charge in [0, 0.05) is 7.11 Å². The summed E-state index contributed by atoms with van der Waals surface area (Å²) < 4.78 is 12.1. The molecule has 86 valence electrons. The predicted molar refractivity (Wildman–Crippen MR) is 67.4 cm³/mol. The predicted octanol–water partition coefficient (Wildman–Crippen LogP) is 3.75. The number of rotatable bonds is 5. The minimum Gasteiger partial charge on any atom is -0.436 e. The third-order valence-electron chi connectivity index (χ3n) is 2.39. The first-order valence-corrected chi connectivity index (χ1v) is 10.8. The molecule has 0 aromatic heterocycles. The van der Waals surface area contributed by atoms with Gasteiger partial charge in [0.25, 0.3) is 0 Å². The van der Waals surface area contributed by atoms with Crippen LogP contribution in [0, 0.1) is 0 Å². The second-order valence-electron chi connectivity index (χ2n) is 5.45. The van der Waals surface area contributed by atoms with Crippen molar-refractivity contribution in [1.82, 2.24) is 0 Å². The van der Waals surface area contributed by atoms with Gasteiger partial charge in [0.1, 0.15) is 0 Å². The molecule has 0 rings (SSSR count). The molecule has 4 heteroatoms. The van der Waals surface area contributed by atoms with Gasteiger partial charge in [0.2, 0.25) is 0 Å². The highest BCUT2D eigenvalue weighted by molar-refractivity contribution is 6.83. The summed E-state index contributed by atoms with van der Waals surface area (Å²) in [5.41, 5.74) is 1.03. The first-order chi connectivity index (χ1) is 6.15. The van der Waals surface area contributed by atoms with Crippen LogP contribution in [0.4, 0.5) is 0 Å². The Kier molecular flexibility index (Phi) is 5.04. The summed E-state index contributed by atoms with van der Waals surface area (Å²) in [4.78, 5) is 0. The summed E-state index contributed by atoms with van der Waals surface area (Å²) in [6.45, 7) is 15.6. The Balaban J connectivity index is 4.87. The Bertz CT molecular complexity index is 165. The Hall–Kier alpha value is 0.354. The topological polar surface area (TPSA) is 18.5 Å². The fourth-order valence-corrected chi connectivity index (χ4v) is 10.2. The normalized spacial score (nSPS) is 14.1. The van der Waals surface area contributed by atoms with Crippen LogP contribution >= 0.6 is 0 Å². The molecule has 0 spiro atoms. The van der Waals surface area contributed by atoms with Crippen LogP contribution in [-0.4, -0.2) is 24.0 Å². The molecule has 0 N–H and O–H groups in total. The number of hydrogen-bond donors (Lipinski definition) is 0. The molecule has 0 saturated carbocycles. The first-order valence-electron chi connectivity index (χ1n) is 5.41. The summed E-state index contributed by atoms with van der Waals surface area (Å²) in [6.07, 6.45) is 0. The molecule has 0 radical (unpaired) electrons. The molecule has 0 aliphatic rings. The highest BCUT2D eigenvalue weighted by atomic mass is 28.4. The maximum atomic E-state index is 6.35. The quantitative estimate of drug-likeness (QED) is 0.675. The molecule has 0 aromatic rings. The highest BCUT2D eigenvalue weighted by Crippen LogP contribution is 2.36. The van der Waals surface area contributed by atoms with E-state index in [1.165, 1.54) is 0 Å². The van der Waals surface area contributed by atoms with Gasteiger partial charge < -0.3 is 8.54 Å². The van der Waals surface area contributed by atoms with E-state index in [2.05, 4.69) is 47.3 Å². The Labute approximate surface area is 91.4 Å². The molecular formula is C10H26O2Si2. The molecule has 0 saturated heterocycles. The van der Waals surface area contributed by atoms with Gasteiger partial charge in [-0.25, -0.2) is 0 Å². The smallest absolute Gasteiger partial charge is 0.332 e. The zero-order chi connectivity index (χ0) is 11.6. The molecule has 14 heavy (non-hydrogen) atoms. The van der Waals surface area contributed by atoms with Crippen molar-refractivity contribution in [3.8, 4) is 0 Å². The van der Waals surface area contributed by atoms with Gasteiger partial charge in [-0.15, -0.1) is 0 Å². The van der Waals surface area contributed by atoms with E-state index in [9.17, 15) is 0 Å². The van der Waals surface area contributed by atoms with E-state index >= 15 is 0 Å². The van der Waals surface area contributed by atoms with Gasteiger partial charge >= 0.3 is 8.56 Å². The van der Waals surface area contributed by atoms with Crippen molar-refractivity contribution in [3.63, 3.8) is 0 Å². The lowest BCUT2D eigenvalue weighted by Crippen LogP contribution is -2.53. The lowest BCUT2D eigenvalue weighted by molar-refractivity contribution is 0.273. The molecule has 0 aliphatic heterocycles. The lowest BCUT2D eigenvalue weighted by Gasteiger charge is -2.41. The minimum atomic E-state index is -2.00. The van der Waals surface area contributed by atoms with Crippen LogP contribution in [0.5, 0.6) is 0 Å². The van der Waals surface area contributed by atoms with Crippen molar-refractivity contribution in [2.24, 2.45) is 0 Å². The second-order valence-corrected chi connectivity index (χ2v) is 14.7. The highest BCUT2D eigenvalue weighted by Gasteiger charge is 2.46. The van der Waals surface area contributed by atoms with E-state index in [-0.39, 0.29) is 0 Å². The van der Waals surface area contributed by atoms with E-state index in [4.69, 9.17) is 8.54 Å². The first kappa shape index (κ1) is 14.4. The third-order valence-corrected chi connectivity index (χ3v) is 9.98. The van der Waals surface area contributed by atoms with Crippen molar-refractivity contribution in [1.29, 1.82) is 0 Å². The summed E-state index contributed by atoms with van der Waals surface area (Å²) in [6, 6.07) is 0. The van der Waals surface area contributed by atoms with E-state index < -0.39 is 16.9 Å². The standard InChI is InChI=1S/C10H26O2Si2/c1-9(2)14(11-5,10(3)4)12-13(6,7)8/h9-10H,1-8H3. The minimum absolute atomic E-state index is 0.513. The Morgan fingerprint density at radius 1 is 0.857 bits per heavy atom. The zero-order valence-electron chi connectivity index (χ0n) is 11.0. The maximum absolute atomic E-state index is 6.35. The van der Waals surface area contributed by atoms with Crippen LogP contribution in [0.3, 0.4) is 0 Å². The van der Waals surface area contributed by atoms with Gasteiger partial charge in [0.05, 0.1) is 0 Å². The van der Waals surface area contributed by atoms with Gasteiger partial charge in [-0.3, -0.25) is 0 Å². The third kappa shape index (κ3) is 3.49. The van der Waals surface area contributed by atoms with Gasteiger partial charge in [-0.2, -0.15) is 0 Å². The van der Waals surface area contributed by atoms with Crippen LogP contribution < -0.4 is 0 Å². The molecule has 0 bridgehead atoms. The van der Waals surface area contributed by atoms with E-state index in [1.807, 2.05) is 7.11 Å². The SMILES string of the molecule is CO[Si](O[Si](C)(C)C)(C(C)C)C(C)C. The van der Waals surface area contributed by atoms with Crippen LogP contribution in [0.2, 0.25) is 30.7 Å². The zero-order valence-corrected chi connectivity index (χ0v) is 13.0. The molecule has 0 atom stereocenters. The largest absolute Gasteiger partial charge is 0.436 e. The van der Waals surface area contributed by atoms with Crippen molar-refractivity contribution in [2.75, 3.05) is 7.11 Å². The molecule has 0 unspecified atom stereocenters. The van der Waals surface area contributed by atoms with E-state index in [0.717, 1.165) is 0 Å². The van der Waals surface area contributed by atoms with E-state index in [0.29, 0.717) is 11.1 Å². The summed E-state index contributed by atoms with van der Waals surface area (Å²) in [7, 11) is -1.69. The number of hydrogen-bond acceptors (Lipinski definition) is 2. The van der Waals surface area contributed by atoms with Gasteiger partial charge in [-0.1, -0.05) is 27.7 Å². The average Bonchev–Trinajstić information content (AvgIpc) is 1.97. The average molecular weight is 234 g/mol. The van der Waals surface area contributed by atoms with Crippen LogP contribution in [0.1, 0.15) is 27.7 Å². The molecule has 0 aromatic carbocycles. The fourth-order valence-electron chi connectivity index (χ4n) is 1.89. The molecule has 0 heterocycles. The van der Waals surface area contributed by atoms with Crippen LogP contribution in [-0.2, 0) is 8.54 Å². The Morgan fingerprint density at radius 2 is 1.21 bits per heavy atom. The molecule has 2 nitrogen and oxygen atoms in total. The van der Waals surface area contributed by atoms with E-state index in [1.54, 1.807) is 0 Å². The van der Waals surface area contributed by atoms with Crippen LogP contribution in [0.25, 0.3) is 0 Å². The molecule has 0 aliphatic carbocycles. The van der Waals surface area contributed by atoms with Crippen molar-refractivity contribution >= 4 is 16.9 Å².